The summed E-state index contributed by atoms with van der Waals surface area (Å²) in [7, 11) is 0. The van der Waals surface area contributed by atoms with Crippen molar-refractivity contribution in [3.63, 3.8) is 0 Å². The fourth-order valence-corrected chi connectivity index (χ4v) is 3.59. The number of nitrogens with zero attached hydrogens (tertiary/aromatic N) is 4. The molecule has 1 aromatic carbocycles. The molecule has 0 aromatic heterocycles. The van der Waals surface area contributed by atoms with Gasteiger partial charge < -0.3 is 10.2 Å². The van der Waals surface area contributed by atoms with Crippen LogP contribution < -0.4 is 10.3 Å². The second-order valence-electron chi connectivity index (χ2n) is 7.56. The summed E-state index contributed by atoms with van der Waals surface area (Å²) in [5.41, 5.74) is 3.13. The quantitative estimate of drug-likeness (QED) is 0.803. The van der Waals surface area contributed by atoms with Crippen LogP contribution in [-0.2, 0) is 14.4 Å². The number of piperazine rings is 1. The predicted octanol–water partition coefficient (Wildman–Crippen LogP) is 1.07. The largest absolute Gasteiger partial charge is 0.355 e. The molecule has 0 aliphatic carbocycles. The van der Waals surface area contributed by atoms with Crippen molar-refractivity contribution in [3.05, 3.63) is 29.3 Å². The Bertz CT molecular complexity index is 828. The zero-order chi connectivity index (χ0) is 21.0. The number of hydrogen-bond donors (Lipinski definition) is 1. The van der Waals surface area contributed by atoms with Gasteiger partial charge in [-0.1, -0.05) is 12.1 Å². The number of aryl methyl sites for hydroxylation is 2. The van der Waals surface area contributed by atoms with E-state index in [-0.39, 0.29) is 24.1 Å². The first-order valence-electron chi connectivity index (χ1n) is 10.1. The standard InChI is InChI=1S/C21H29N5O3/c1-4-22-19(27)14-24-9-11-25(12-10-24)21(29)17-7-8-20(28)26(23-17)18-13-15(2)5-6-16(18)3/h5-6,13H,4,7-12,14H2,1-3H3,(H,22,27). The first-order chi connectivity index (χ1) is 13.9. The Kier molecular flexibility index (Phi) is 6.64. The molecule has 1 N–H and O–H groups in total. The van der Waals surface area contributed by atoms with E-state index < -0.39 is 0 Å². The molecule has 0 atom stereocenters. The van der Waals surface area contributed by atoms with E-state index in [0.29, 0.717) is 51.4 Å². The Morgan fingerprint density at radius 1 is 1.10 bits per heavy atom. The van der Waals surface area contributed by atoms with Crippen LogP contribution in [0.1, 0.15) is 30.9 Å². The number of rotatable bonds is 5. The summed E-state index contributed by atoms with van der Waals surface area (Å²) < 4.78 is 0. The van der Waals surface area contributed by atoms with Crippen molar-refractivity contribution in [1.29, 1.82) is 0 Å². The number of nitrogens with one attached hydrogen (secondary N) is 1. The zero-order valence-electron chi connectivity index (χ0n) is 17.4. The SMILES string of the molecule is CCNC(=O)CN1CCN(C(=O)C2=NN(c3cc(C)ccc3C)C(=O)CC2)CC1. The van der Waals surface area contributed by atoms with Gasteiger partial charge in [0.25, 0.3) is 5.91 Å². The molecule has 3 rings (SSSR count). The molecule has 1 saturated heterocycles. The molecule has 0 radical (unpaired) electrons. The maximum atomic E-state index is 13.0. The van der Waals surface area contributed by atoms with Gasteiger partial charge in [-0.05, 0) is 38.0 Å². The molecule has 0 saturated carbocycles. The molecule has 1 aromatic rings. The van der Waals surface area contributed by atoms with E-state index >= 15 is 0 Å². The fourth-order valence-electron chi connectivity index (χ4n) is 3.59. The van der Waals surface area contributed by atoms with Crippen LogP contribution in [0.2, 0.25) is 0 Å². The topological polar surface area (TPSA) is 85.3 Å². The number of hydrogen-bond acceptors (Lipinski definition) is 5. The van der Waals surface area contributed by atoms with Crippen LogP contribution in [0.4, 0.5) is 5.69 Å². The molecule has 0 unspecified atom stereocenters. The summed E-state index contributed by atoms with van der Waals surface area (Å²) in [5.74, 6) is -0.209. The molecule has 1 fully saturated rings. The predicted molar refractivity (Wildman–Crippen MR) is 112 cm³/mol. The van der Waals surface area contributed by atoms with Crippen LogP contribution in [0.3, 0.4) is 0 Å². The van der Waals surface area contributed by atoms with Crippen molar-refractivity contribution < 1.29 is 14.4 Å². The van der Waals surface area contributed by atoms with E-state index in [1.807, 2.05) is 43.9 Å². The maximum Gasteiger partial charge on any atom is 0.270 e. The van der Waals surface area contributed by atoms with E-state index in [2.05, 4.69) is 10.4 Å². The van der Waals surface area contributed by atoms with Crippen molar-refractivity contribution in [2.24, 2.45) is 5.10 Å². The third kappa shape index (κ3) is 5.00. The highest BCUT2D eigenvalue weighted by Gasteiger charge is 2.30. The average Bonchev–Trinajstić information content (AvgIpc) is 2.70. The average molecular weight is 399 g/mol. The number of carbonyl (C=O) groups is 3. The molecular weight excluding hydrogens is 370 g/mol. The number of carbonyl (C=O) groups excluding carboxylic acids is 3. The number of benzene rings is 1. The van der Waals surface area contributed by atoms with Crippen molar-refractivity contribution >= 4 is 29.1 Å². The highest BCUT2D eigenvalue weighted by molar-refractivity contribution is 6.40. The summed E-state index contributed by atoms with van der Waals surface area (Å²) in [6, 6.07) is 5.87. The summed E-state index contributed by atoms with van der Waals surface area (Å²) >= 11 is 0. The Balaban J connectivity index is 1.67. The van der Waals surface area contributed by atoms with E-state index in [9.17, 15) is 14.4 Å². The van der Waals surface area contributed by atoms with Crippen molar-refractivity contribution in [1.82, 2.24) is 15.1 Å². The van der Waals surface area contributed by atoms with Gasteiger partial charge in [0.05, 0.1) is 12.2 Å². The van der Waals surface area contributed by atoms with Gasteiger partial charge in [-0.15, -0.1) is 0 Å². The number of anilines is 1. The molecule has 2 aliphatic heterocycles. The Labute approximate surface area is 171 Å². The highest BCUT2D eigenvalue weighted by Crippen LogP contribution is 2.25. The van der Waals surface area contributed by atoms with Gasteiger partial charge in [-0.2, -0.15) is 5.10 Å². The molecule has 8 heteroatoms. The molecule has 0 spiro atoms. The van der Waals surface area contributed by atoms with Crippen molar-refractivity contribution in [3.8, 4) is 0 Å². The van der Waals surface area contributed by atoms with Crippen LogP contribution >= 0.6 is 0 Å². The van der Waals surface area contributed by atoms with Gasteiger partial charge in [0.1, 0.15) is 5.71 Å². The third-order valence-electron chi connectivity index (χ3n) is 5.27. The summed E-state index contributed by atoms with van der Waals surface area (Å²) in [5, 5.41) is 8.61. The lowest BCUT2D eigenvalue weighted by Crippen LogP contribution is -2.53. The Morgan fingerprint density at radius 3 is 2.52 bits per heavy atom. The first kappa shape index (κ1) is 21.0. The lowest BCUT2D eigenvalue weighted by molar-refractivity contribution is -0.126. The number of likely N-dealkylation sites (N-methyl/N-ethyl adjacent to an activating group) is 1. The minimum atomic E-state index is -0.120. The van der Waals surface area contributed by atoms with E-state index in [0.717, 1.165) is 16.8 Å². The van der Waals surface area contributed by atoms with Gasteiger partial charge in [0, 0.05) is 45.6 Å². The zero-order valence-corrected chi connectivity index (χ0v) is 17.4. The van der Waals surface area contributed by atoms with Crippen LogP contribution in [0, 0.1) is 13.8 Å². The molecule has 0 bridgehead atoms. The van der Waals surface area contributed by atoms with Crippen molar-refractivity contribution in [2.75, 3.05) is 44.3 Å². The van der Waals surface area contributed by atoms with Gasteiger partial charge in [0.15, 0.2) is 0 Å². The Hall–Kier alpha value is -2.74. The van der Waals surface area contributed by atoms with E-state index in [1.165, 1.54) is 5.01 Å². The van der Waals surface area contributed by atoms with E-state index in [1.54, 1.807) is 4.90 Å². The molecular formula is C21H29N5O3. The highest BCUT2D eigenvalue weighted by atomic mass is 16.2. The monoisotopic (exact) mass is 399 g/mol. The molecule has 2 aliphatic rings. The van der Waals surface area contributed by atoms with Crippen molar-refractivity contribution in [2.45, 2.75) is 33.6 Å². The van der Waals surface area contributed by atoms with Gasteiger partial charge >= 0.3 is 0 Å². The molecule has 3 amide bonds. The fraction of sp³-hybridized carbons (Fsp3) is 0.524. The third-order valence-corrected chi connectivity index (χ3v) is 5.27. The van der Waals surface area contributed by atoms with Crippen LogP contribution in [0.5, 0.6) is 0 Å². The molecule has 2 heterocycles. The normalized spacial score (nSPS) is 17.9. The molecule has 8 nitrogen and oxygen atoms in total. The maximum absolute atomic E-state index is 13.0. The summed E-state index contributed by atoms with van der Waals surface area (Å²) in [4.78, 5) is 41.0. The number of amides is 3. The minimum Gasteiger partial charge on any atom is -0.355 e. The van der Waals surface area contributed by atoms with Crippen LogP contribution in [-0.4, -0.2) is 72.5 Å². The first-order valence-corrected chi connectivity index (χ1v) is 10.1. The Morgan fingerprint density at radius 2 is 1.83 bits per heavy atom. The summed E-state index contributed by atoms with van der Waals surface area (Å²) in [6.07, 6.45) is 0.632. The van der Waals surface area contributed by atoms with E-state index in [4.69, 9.17) is 0 Å². The van der Waals surface area contributed by atoms with Gasteiger partial charge in [-0.3, -0.25) is 19.3 Å². The lowest BCUT2D eigenvalue weighted by atomic mass is 10.1. The second kappa shape index (κ2) is 9.17. The van der Waals surface area contributed by atoms with Gasteiger partial charge in [0.2, 0.25) is 11.8 Å². The van der Waals surface area contributed by atoms with Gasteiger partial charge in [-0.25, -0.2) is 5.01 Å². The van der Waals surface area contributed by atoms with Crippen LogP contribution in [0.15, 0.2) is 23.3 Å². The second-order valence-corrected chi connectivity index (χ2v) is 7.56. The lowest BCUT2D eigenvalue weighted by Gasteiger charge is -2.35. The summed E-state index contributed by atoms with van der Waals surface area (Å²) in [6.45, 7) is 9.16. The molecule has 29 heavy (non-hydrogen) atoms. The molecule has 156 valence electrons. The van der Waals surface area contributed by atoms with Crippen LogP contribution in [0.25, 0.3) is 0 Å². The minimum absolute atomic E-state index is 0.00612. The smallest absolute Gasteiger partial charge is 0.270 e. The number of hydrazone groups is 1.